The second kappa shape index (κ2) is 7.15. The van der Waals surface area contributed by atoms with E-state index in [2.05, 4.69) is 29.3 Å². The Kier molecular flexibility index (Phi) is 4.78. The summed E-state index contributed by atoms with van der Waals surface area (Å²) in [5, 5.41) is 16.7. The summed E-state index contributed by atoms with van der Waals surface area (Å²) < 4.78 is 1.79. The van der Waals surface area contributed by atoms with Crippen LogP contribution in [-0.4, -0.2) is 27.0 Å². The molecule has 0 aliphatic heterocycles. The van der Waals surface area contributed by atoms with Gasteiger partial charge in [0.25, 0.3) is 0 Å². The molecule has 0 fully saturated rings. The largest absolute Gasteiger partial charge is 0.411 e. The highest BCUT2D eigenvalue weighted by Gasteiger charge is 2.11. The highest BCUT2D eigenvalue weighted by Crippen LogP contribution is 2.26. The Morgan fingerprint density at radius 3 is 2.52 bits per heavy atom. The first-order chi connectivity index (χ1) is 11.3. The summed E-state index contributed by atoms with van der Waals surface area (Å²) in [4.78, 5) is 1.23. The van der Waals surface area contributed by atoms with Crippen molar-refractivity contribution >= 4 is 18.0 Å². The van der Waals surface area contributed by atoms with E-state index in [-0.39, 0.29) is 0 Å². The van der Waals surface area contributed by atoms with Gasteiger partial charge in [0, 0.05) is 22.2 Å². The van der Waals surface area contributed by atoms with Crippen molar-refractivity contribution in [2.75, 3.05) is 5.75 Å². The molecule has 23 heavy (non-hydrogen) atoms. The first-order valence-electron chi connectivity index (χ1n) is 7.37. The molecule has 3 aromatic rings. The fourth-order valence-electron chi connectivity index (χ4n) is 2.36. The van der Waals surface area contributed by atoms with Gasteiger partial charge in [-0.15, -0.1) is 11.8 Å². The maximum Gasteiger partial charge on any atom is 0.102 e. The first-order valence-corrected chi connectivity index (χ1v) is 8.36. The van der Waals surface area contributed by atoms with Gasteiger partial charge in [0.2, 0.25) is 0 Å². The van der Waals surface area contributed by atoms with Crippen LogP contribution in [0.25, 0.3) is 16.9 Å². The number of oxime groups is 1. The average molecular weight is 323 g/mol. The van der Waals surface area contributed by atoms with Gasteiger partial charge >= 0.3 is 0 Å². The number of rotatable bonds is 5. The molecule has 0 unspecified atom stereocenters. The molecule has 0 saturated heterocycles. The van der Waals surface area contributed by atoms with Crippen molar-refractivity contribution in [3.8, 4) is 16.9 Å². The van der Waals surface area contributed by atoms with Crippen molar-refractivity contribution in [3.05, 3.63) is 66.4 Å². The SMILES string of the molecule is CCSc1ccc(-c2nn(-c3ccccc3)cc2C=NO)cc1. The molecule has 0 radical (unpaired) electrons. The van der Waals surface area contributed by atoms with E-state index < -0.39 is 0 Å². The summed E-state index contributed by atoms with van der Waals surface area (Å²) in [5.41, 5.74) is 3.52. The summed E-state index contributed by atoms with van der Waals surface area (Å²) >= 11 is 1.80. The normalized spacial score (nSPS) is 11.2. The molecule has 116 valence electrons. The van der Waals surface area contributed by atoms with Crippen LogP contribution in [-0.2, 0) is 0 Å². The van der Waals surface area contributed by atoms with Crippen LogP contribution in [0.4, 0.5) is 0 Å². The van der Waals surface area contributed by atoms with E-state index in [1.54, 1.807) is 16.4 Å². The van der Waals surface area contributed by atoms with E-state index in [4.69, 9.17) is 5.21 Å². The predicted octanol–water partition coefficient (Wildman–Crippen LogP) is 4.46. The molecule has 2 aromatic carbocycles. The van der Waals surface area contributed by atoms with Crippen molar-refractivity contribution in [1.82, 2.24) is 9.78 Å². The van der Waals surface area contributed by atoms with Gasteiger partial charge in [-0.05, 0) is 30.0 Å². The molecular weight excluding hydrogens is 306 g/mol. The molecule has 0 spiro atoms. The number of hydrogen-bond acceptors (Lipinski definition) is 4. The third-order valence-corrected chi connectivity index (χ3v) is 4.29. The Hall–Kier alpha value is -2.53. The second-order valence-electron chi connectivity index (χ2n) is 4.92. The van der Waals surface area contributed by atoms with Crippen LogP contribution in [0.2, 0.25) is 0 Å². The smallest absolute Gasteiger partial charge is 0.102 e. The maximum atomic E-state index is 8.91. The molecular formula is C18H17N3OS. The fourth-order valence-corrected chi connectivity index (χ4v) is 3.02. The zero-order valence-electron chi connectivity index (χ0n) is 12.8. The van der Waals surface area contributed by atoms with Crippen LogP contribution in [0.15, 0.2) is 70.8 Å². The Morgan fingerprint density at radius 1 is 1.13 bits per heavy atom. The first kappa shape index (κ1) is 15.4. The number of aromatic nitrogens is 2. The molecule has 1 N–H and O–H groups in total. The monoisotopic (exact) mass is 323 g/mol. The summed E-state index contributed by atoms with van der Waals surface area (Å²) in [6.45, 7) is 2.13. The van der Waals surface area contributed by atoms with E-state index in [0.717, 1.165) is 28.3 Å². The molecule has 0 amide bonds. The molecule has 3 rings (SSSR count). The number of thioether (sulfide) groups is 1. The fraction of sp³-hybridized carbons (Fsp3) is 0.111. The molecule has 0 aliphatic carbocycles. The van der Waals surface area contributed by atoms with E-state index >= 15 is 0 Å². The maximum absolute atomic E-state index is 8.91. The van der Waals surface area contributed by atoms with E-state index in [0.29, 0.717) is 0 Å². The van der Waals surface area contributed by atoms with Crippen molar-refractivity contribution in [3.63, 3.8) is 0 Å². The Balaban J connectivity index is 2.02. The lowest BCUT2D eigenvalue weighted by Crippen LogP contribution is -1.93. The third kappa shape index (κ3) is 3.46. The Bertz CT molecular complexity index is 795. The van der Waals surface area contributed by atoms with Gasteiger partial charge in [0.1, 0.15) is 5.69 Å². The predicted molar refractivity (Wildman–Crippen MR) is 94.8 cm³/mol. The van der Waals surface area contributed by atoms with Crippen molar-refractivity contribution in [2.24, 2.45) is 5.16 Å². The molecule has 0 saturated carbocycles. The number of benzene rings is 2. The van der Waals surface area contributed by atoms with Gasteiger partial charge in [0.05, 0.1) is 11.9 Å². The standard InChI is InChI=1S/C18H17N3OS/c1-2-23-17-10-8-14(9-11-17)18-15(12-19-22)13-21(20-18)16-6-4-3-5-7-16/h3-13,22H,2H2,1H3. The summed E-state index contributed by atoms with van der Waals surface area (Å²) in [6.07, 6.45) is 3.27. The van der Waals surface area contributed by atoms with Crippen LogP contribution >= 0.6 is 11.8 Å². The highest BCUT2D eigenvalue weighted by atomic mass is 32.2. The lowest BCUT2D eigenvalue weighted by atomic mass is 10.1. The Morgan fingerprint density at radius 2 is 1.87 bits per heavy atom. The minimum Gasteiger partial charge on any atom is -0.411 e. The van der Waals surface area contributed by atoms with Crippen LogP contribution in [0.5, 0.6) is 0 Å². The third-order valence-electron chi connectivity index (χ3n) is 3.40. The van der Waals surface area contributed by atoms with Crippen LogP contribution in [0.3, 0.4) is 0 Å². The van der Waals surface area contributed by atoms with E-state index in [1.807, 2.05) is 48.7 Å². The van der Waals surface area contributed by atoms with Crippen LogP contribution < -0.4 is 0 Å². The van der Waals surface area contributed by atoms with Crippen LogP contribution in [0.1, 0.15) is 12.5 Å². The summed E-state index contributed by atoms with van der Waals surface area (Å²) in [7, 11) is 0. The molecule has 0 bridgehead atoms. The van der Waals surface area contributed by atoms with Gasteiger partial charge < -0.3 is 5.21 Å². The zero-order chi connectivity index (χ0) is 16.1. The zero-order valence-corrected chi connectivity index (χ0v) is 13.6. The lowest BCUT2D eigenvalue weighted by Gasteiger charge is -2.02. The number of para-hydroxylation sites is 1. The molecule has 1 aromatic heterocycles. The average Bonchev–Trinajstić information content (AvgIpc) is 3.01. The molecule has 5 heteroatoms. The van der Waals surface area contributed by atoms with Gasteiger partial charge in [-0.1, -0.05) is 42.4 Å². The minimum atomic E-state index is 0.771. The molecule has 0 atom stereocenters. The van der Waals surface area contributed by atoms with Gasteiger partial charge in [-0.2, -0.15) is 5.10 Å². The van der Waals surface area contributed by atoms with Crippen LogP contribution in [0, 0.1) is 0 Å². The van der Waals surface area contributed by atoms with Gasteiger partial charge in [-0.25, -0.2) is 4.68 Å². The second-order valence-corrected chi connectivity index (χ2v) is 6.25. The van der Waals surface area contributed by atoms with Gasteiger partial charge in [0.15, 0.2) is 0 Å². The number of nitrogens with zero attached hydrogens (tertiary/aromatic N) is 3. The lowest BCUT2D eigenvalue weighted by molar-refractivity contribution is 0.322. The van der Waals surface area contributed by atoms with Crippen molar-refractivity contribution in [2.45, 2.75) is 11.8 Å². The highest BCUT2D eigenvalue weighted by molar-refractivity contribution is 7.99. The summed E-state index contributed by atoms with van der Waals surface area (Å²) in [5.74, 6) is 1.05. The van der Waals surface area contributed by atoms with Crippen molar-refractivity contribution in [1.29, 1.82) is 0 Å². The quantitative estimate of drug-likeness (QED) is 0.326. The topological polar surface area (TPSA) is 50.4 Å². The molecule has 1 heterocycles. The van der Waals surface area contributed by atoms with Crippen molar-refractivity contribution < 1.29 is 5.21 Å². The van der Waals surface area contributed by atoms with Gasteiger partial charge in [-0.3, -0.25) is 0 Å². The minimum absolute atomic E-state index is 0.771. The molecule has 0 aliphatic rings. The summed E-state index contributed by atoms with van der Waals surface area (Å²) in [6, 6.07) is 18.1. The van der Waals surface area contributed by atoms with E-state index in [1.165, 1.54) is 11.1 Å². The molecule has 4 nitrogen and oxygen atoms in total. The van der Waals surface area contributed by atoms with E-state index in [9.17, 15) is 0 Å². The number of hydrogen-bond donors (Lipinski definition) is 1. The Labute approximate surface area is 139 Å².